The maximum Gasteiger partial charge on any atom is 0.408 e. The minimum Gasteiger partial charge on any atom is -0.444 e. The molecule has 1 atom stereocenters. The Bertz CT molecular complexity index is 441. The molecule has 0 rings (SSSR count). The Kier molecular flexibility index (Phi) is 7.92. The van der Waals surface area contributed by atoms with Crippen LogP contribution in [0.25, 0.3) is 0 Å². The van der Waals surface area contributed by atoms with Crippen molar-refractivity contribution in [3.63, 3.8) is 0 Å². The van der Waals surface area contributed by atoms with Crippen molar-refractivity contribution in [1.29, 1.82) is 0 Å². The molecule has 0 bridgehead atoms. The standard InChI is InChI=1S/C16H34N2O5Si/c1-15(2,3)23-14(20)17-12(13(19)18(7)21-8)11-22-24(9,10)16(4,5)6/h12H,11H2,1-10H3,(H,17,20)/t12-/m0/s1. The van der Waals surface area contributed by atoms with Gasteiger partial charge in [0.25, 0.3) is 5.91 Å². The molecule has 0 unspecified atom stereocenters. The van der Waals surface area contributed by atoms with Crippen LogP contribution >= 0.6 is 0 Å². The second kappa shape index (κ2) is 8.31. The highest BCUT2D eigenvalue weighted by atomic mass is 28.4. The summed E-state index contributed by atoms with van der Waals surface area (Å²) in [5.74, 6) is -0.401. The molecule has 24 heavy (non-hydrogen) atoms. The highest BCUT2D eigenvalue weighted by Crippen LogP contribution is 2.36. The van der Waals surface area contributed by atoms with Gasteiger partial charge in [-0.2, -0.15) is 0 Å². The zero-order valence-electron chi connectivity index (χ0n) is 16.8. The van der Waals surface area contributed by atoms with Crippen molar-refractivity contribution in [2.75, 3.05) is 20.8 Å². The molecule has 0 aliphatic rings. The molecule has 7 nitrogen and oxygen atoms in total. The lowest BCUT2D eigenvalue weighted by atomic mass is 10.2. The number of likely N-dealkylation sites (N-methyl/N-ethyl adjacent to an activating group) is 1. The third-order valence-corrected chi connectivity index (χ3v) is 8.49. The first-order valence-electron chi connectivity index (χ1n) is 8.06. The van der Waals surface area contributed by atoms with Gasteiger partial charge in [0.2, 0.25) is 0 Å². The van der Waals surface area contributed by atoms with Gasteiger partial charge < -0.3 is 14.5 Å². The zero-order chi connectivity index (χ0) is 19.3. The van der Waals surface area contributed by atoms with E-state index in [9.17, 15) is 9.59 Å². The molecule has 0 saturated carbocycles. The highest BCUT2D eigenvalue weighted by Gasteiger charge is 2.39. The molecule has 0 radical (unpaired) electrons. The number of carbonyl (C=O) groups excluding carboxylic acids is 2. The molecular formula is C16H34N2O5Si. The van der Waals surface area contributed by atoms with Crippen molar-refractivity contribution >= 4 is 20.3 Å². The Labute approximate surface area is 147 Å². The summed E-state index contributed by atoms with van der Waals surface area (Å²) in [5, 5.41) is 3.64. The summed E-state index contributed by atoms with van der Waals surface area (Å²) in [4.78, 5) is 29.3. The number of nitrogens with zero attached hydrogens (tertiary/aromatic N) is 1. The largest absolute Gasteiger partial charge is 0.444 e. The lowest BCUT2D eigenvalue weighted by Crippen LogP contribution is -2.53. The number of hydrogen-bond donors (Lipinski definition) is 1. The first-order valence-corrected chi connectivity index (χ1v) is 11.0. The topological polar surface area (TPSA) is 77.1 Å². The summed E-state index contributed by atoms with van der Waals surface area (Å²) in [5.41, 5.74) is -0.648. The minimum absolute atomic E-state index is 0.000323. The van der Waals surface area contributed by atoms with Crippen LogP contribution in [-0.4, -0.2) is 57.8 Å². The molecule has 0 spiro atoms. The number of carbonyl (C=O) groups is 2. The van der Waals surface area contributed by atoms with Crippen LogP contribution in [0.5, 0.6) is 0 Å². The molecule has 142 valence electrons. The van der Waals surface area contributed by atoms with Crippen molar-refractivity contribution in [3.8, 4) is 0 Å². The van der Waals surface area contributed by atoms with E-state index in [1.54, 1.807) is 20.8 Å². The molecule has 0 aromatic carbocycles. The summed E-state index contributed by atoms with van der Waals surface area (Å²) in [6, 6.07) is -0.876. The molecule has 0 heterocycles. The molecule has 0 aliphatic heterocycles. The number of hydroxylamine groups is 2. The lowest BCUT2D eigenvalue weighted by Gasteiger charge is -2.37. The molecule has 0 aromatic rings. The number of amides is 2. The zero-order valence-corrected chi connectivity index (χ0v) is 17.8. The van der Waals surface area contributed by atoms with Crippen LogP contribution in [-0.2, 0) is 18.8 Å². The summed E-state index contributed by atoms with van der Waals surface area (Å²) in [6.07, 6.45) is -0.663. The molecule has 1 N–H and O–H groups in total. The number of hydrogen-bond acceptors (Lipinski definition) is 5. The van der Waals surface area contributed by atoms with Crippen LogP contribution in [0.1, 0.15) is 41.5 Å². The van der Waals surface area contributed by atoms with E-state index in [4.69, 9.17) is 14.0 Å². The predicted molar refractivity (Wildman–Crippen MR) is 96.1 cm³/mol. The van der Waals surface area contributed by atoms with Gasteiger partial charge in [-0.1, -0.05) is 20.8 Å². The summed E-state index contributed by atoms with van der Waals surface area (Å²) in [6.45, 7) is 15.9. The summed E-state index contributed by atoms with van der Waals surface area (Å²) in [7, 11) is 0.811. The maximum absolute atomic E-state index is 12.4. The Morgan fingerprint density at radius 2 is 1.62 bits per heavy atom. The fourth-order valence-corrected chi connectivity index (χ4v) is 2.46. The Balaban J connectivity index is 5.09. The van der Waals surface area contributed by atoms with E-state index in [2.05, 4.69) is 39.2 Å². The second-order valence-corrected chi connectivity index (χ2v) is 13.1. The van der Waals surface area contributed by atoms with Gasteiger partial charge in [-0.3, -0.25) is 9.63 Å². The van der Waals surface area contributed by atoms with E-state index in [0.29, 0.717) is 0 Å². The van der Waals surface area contributed by atoms with Crippen LogP contribution in [0.3, 0.4) is 0 Å². The van der Waals surface area contributed by atoms with Crippen LogP contribution in [0.4, 0.5) is 4.79 Å². The van der Waals surface area contributed by atoms with Crippen molar-refractivity contribution in [3.05, 3.63) is 0 Å². The molecule has 8 heteroatoms. The van der Waals surface area contributed by atoms with E-state index in [-0.39, 0.29) is 11.6 Å². The van der Waals surface area contributed by atoms with E-state index < -0.39 is 32.0 Å². The Morgan fingerprint density at radius 3 is 2.00 bits per heavy atom. The monoisotopic (exact) mass is 362 g/mol. The molecule has 0 aliphatic carbocycles. The average molecular weight is 363 g/mol. The summed E-state index contributed by atoms with van der Waals surface area (Å²) < 4.78 is 11.3. The average Bonchev–Trinajstić information content (AvgIpc) is 2.38. The summed E-state index contributed by atoms with van der Waals surface area (Å²) >= 11 is 0. The number of nitrogens with one attached hydrogen (secondary N) is 1. The van der Waals surface area contributed by atoms with Gasteiger partial charge in [-0.25, -0.2) is 9.86 Å². The van der Waals surface area contributed by atoms with Gasteiger partial charge in [0.05, 0.1) is 13.7 Å². The van der Waals surface area contributed by atoms with E-state index in [1.807, 2.05) is 0 Å². The van der Waals surface area contributed by atoms with Gasteiger partial charge in [0.15, 0.2) is 8.32 Å². The van der Waals surface area contributed by atoms with Crippen molar-refractivity contribution in [2.24, 2.45) is 0 Å². The second-order valence-electron chi connectivity index (χ2n) is 8.29. The van der Waals surface area contributed by atoms with E-state index in [0.717, 1.165) is 5.06 Å². The molecule has 0 saturated heterocycles. The SMILES string of the molecule is CON(C)C(=O)[C@H](CO[Si](C)(C)C(C)(C)C)NC(=O)OC(C)(C)C. The van der Waals surface area contributed by atoms with Gasteiger partial charge in [-0.15, -0.1) is 0 Å². The molecular weight excluding hydrogens is 328 g/mol. The molecule has 0 fully saturated rings. The fraction of sp³-hybridized carbons (Fsp3) is 0.875. The number of alkyl carbamates (subject to hydrolysis) is 1. The van der Waals surface area contributed by atoms with E-state index >= 15 is 0 Å². The quantitative estimate of drug-likeness (QED) is 0.581. The first kappa shape index (κ1) is 22.9. The number of rotatable bonds is 6. The number of ether oxygens (including phenoxy) is 1. The van der Waals surface area contributed by atoms with Crippen molar-refractivity contribution in [2.45, 2.75) is 71.3 Å². The Hall–Kier alpha value is -1.12. The van der Waals surface area contributed by atoms with Crippen molar-refractivity contribution < 1.29 is 23.6 Å². The van der Waals surface area contributed by atoms with Crippen LogP contribution in [0.15, 0.2) is 0 Å². The third kappa shape index (κ3) is 7.63. The van der Waals surface area contributed by atoms with Crippen molar-refractivity contribution in [1.82, 2.24) is 10.4 Å². The maximum atomic E-state index is 12.4. The van der Waals surface area contributed by atoms with Crippen LogP contribution < -0.4 is 5.32 Å². The van der Waals surface area contributed by atoms with Gasteiger partial charge in [-0.05, 0) is 38.9 Å². The van der Waals surface area contributed by atoms with Gasteiger partial charge in [0.1, 0.15) is 11.6 Å². The first-order chi connectivity index (χ1) is 10.6. The Morgan fingerprint density at radius 1 is 1.12 bits per heavy atom. The third-order valence-electron chi connectivity index (χ3n) is 3.99. The fourth-order valence-electron chi connectivity index (χ4n) is 1.44. The normalized spacial score (nSPS) is 14.1. The van der Waals surface area contributed by atoms with Crippen LogP contribution in [0.2, 0.25) is 18.1 Å². The van der Waals surface area contributed by atoms with Gasteiger partial charge in [0, 0.05) is 7.05 Å². The molecule has 0 aromatic heterocycles. The predicted octanol–water partition coefficient (Wildman–Crippen LogP) is 2.92. The lowest BCUT2D eigenvalue weighted by molar-refractivity contribution is -0.171. The smallest absolute Gasteiger partial charge is 0.408 e. The van der Waals surface area contributed by atoms with E-state index in [1.165, 1.54) is 14.2 Å². The highest BCUT2D eigenvalue weighted by molar-refractivity contribution is 6.74. The van der Waals surface area contributed by atoms with Crippen LogP contribution in [0, 0.1) is 0 Å². The molecule has 2 amide bonds. The minimum atomic E-state index is -2.06. The van der Waals surface area contributed by atoms with Gasteiger partial charge >= 0.3 is 6.09 Å².